The van der Waals surface area contributed by atoms with Crippen molar-refractivity contribution in [3.05, 3.63) is 59.7 Å². The van der Waals surface area contributed by atoms with E-state index in [9.17, 15) is 19.5 Å². The highest BCUT2D eigenvalue weighted by atomic mass is 32.2. The summed E-state index contributed by atoms with van der Waals surface area (Å²) < 4.78 is 5.50. The van der Waals surface area contributed by atoms with Gasteiger partial charge in [-0.25, -0.2) is 9.59 Å². The molecule has 2 aromatic carbocycles. The summed E-state index contributed by atoms with van der Waals surface area (Å²) in [5, 5.41) is 12.0. The smallest absolute Gasteiger partial charge is 0.407 e. The zero-order valence-corrected chi connectivity index (χ0v) is 19.2. The average molecular weight is 469 g/mol. The van der Waals surface area contributed by atoms with E-state index < -0.39 is 18.1 Å². The lowest BCUT2D eigenvalue weighted by Gasteiger charge is -2.32. The van der Waals surface area contributed by atoms with Crippen molar-refractivity contribution in [3.63, 3.8) is 0 Å². The Morgan fingerprint density at radius 1 is 1.03 bits per heavy atom. The molecular weight excluding hydrogens is 440 g/mol. The zero-order chi connectivity index (χ0) is 23.2. The Kier molecular flexibility index (Phi) is 7.54. The summed E-state index contributed by atoms with van der Waals surface area (Å²) >= 11 is 1.38. The topological polar surface area (TPSA) is 95.9 Å². The quantitative estimate of drug-likeness (QED) is 0.573. The largest absolute Gasteiger partial charge is 0.480 e. The zero-order valence-electron chi connectivity index (χ0n) is 18.4. The summed E-state index contributed by atoms with van der Waals surface area (Å²) in [6.07, 6.45) is 1.70. The van der Waals surface area contributed by atoms with E-state index in [0.29, 0.717) is 25.3 Å². The van der Waals surface area contributed by atoms with Gasteiger partial charge in [-0.3, -0.25) is 4.79 Å². The number of alkyl carbamates (subject to hydrolysis) is 1. The van der Waals surface area contributed by atoms with Gasteiger partial charge in [0.1, 0.15) is 12.6 Å². The number of amides is 2. The highest BCUT2D eigenvalue weighted by Gasteiger charge is 2.31. The Morgan fingerprint density at radius 3 is 2.36 bits per heavy atom. The number of nitrogens with zero attached hydrogens (tertiary/aromatic N) is 1. The number of carbonyl (C=O) groups is 3. The minimum Gasteiger partial charge on any atom is -0.480 e. The van der Waals surface area contributed by atoms with Crippen molar-refractivity contribution < 1.29 is 24.2 Å². The number of fused-ring (bicyclic) bond motifs is 3. The first-order valence-electron chi connectivity index (χ1n) is 11.2. The number of nitrogens with one attached hydrogen (secondary N) is 1. The molecule has 0 aromatic heterocycles. The predicted octanol–water partition coefficient (Wildman–Crippen LogP) is 3.72. The first kappa shape index (κ1) is 23.2. The summed E-state index contributed by atoms with van der Waals surface area (Å²) in [5.41, 5.74) is 4.69. The third-order valence-electron chi connectivity index (χ3n) is 6.19. The van der Waals surface area contributed by atoms with Crippen LogP contribution in [-0.2, 0) is 14.3 Å². The van der Waals surface area contributed by atoms with Crippen LogP contribution in [0, 0.1) is 0 Å². The van der Waals surface area contributed by atoms with Crippen molar-refractivity contribution >= 4 is 29.7 Å². The number of piperidine rings is 1. The molecule has 174 valence electrons. The summed E-state index contributed by atoms with van der Waals surface area (Å²) in [7, 11) is 0. The van der Waals surface area contributed by atoms with E-state index in [1.165, 1.54) is 27.8 Å². The molecule has 0 radical (unpaired) electrons. The van der Waals surface area contributed by atoms with E-state index in [2.05, 4.69) is 29.6 Å². The van der Waals surface area contributed by atoms with Gasteiger partial charge in [-0.1, -0.05) is 48.5 Å². The Balaban J connectivity index is 1.19. The first-order valence-corrected chi connectivity index (χ1v) is 12.4. The lowest BCUT2D eigenvalue weighted by Crippen LogP contribution is -2.48. The van der Waals surface area contributed by atoms with Crippen LogP contribution in [0.4, 0.5) is 4.79 Å². The molecule has 0 spiro atoms. The van der Waals surface area contributed by atoms with Crippen LogP contribution in [0.15, 0.2) is 48.5 Å². The third-order valence-corrected chi connectivity index (χ3v) is 7.14. The van der Waals surface area contributed by atoms with E-state index >= 15 is 0 Å². The molecule has 1 saturated heterocycles. The lowest BCUT2D eigenvalue weighted by atomic mass is 9.98. The monoisotopic (exact) mass is 468 g/mol. The highest BCUT2D eigenvalue weighted by Crippen LogP contribution is 2.44. The van der Waals surface area contributed by atoms with Crippen LogP contribution >= 0.6 is 11.8 Å². The van der Waals surface area contributed by atoms with Crippen LogP contribution in [0.25, 0.3) is 11.1 Å². The number of carbonyl (C=O) groups excluding carboxylic acids is 2. The number of benzene rings is 2. The van der Waals surface area contributed by atoms with Crippen molar-refractivity contribution in [1.82, 2.24) is 10.2 Å². The van der Waals surface area contributed by atoms with Crippen LogP contribution < -0.4 is 5.32 Å². The van der Waals surface area contributed by atoms with Crippen LogP contribution in [0.1, 0.15) is 36.3 Å². The number of rotatable bonds is 8. The molecule has 1 heterocycles. The van der Waals surface area contributed by atoms with Gasteiger partial charge in [0, 0.05) is 24.8 Å². The van der Waals surface area contributed by atoms with Crippen LogP contribution in [-0.4, -0.2) is 65.2 Å². The van der Waals surface area contributed by atoms with Crippen LogP contribution in [0.3, 0.4) is 0 Å². The van der Waals surface area contributed by atoms with Crippen molar-refractivity contribution in [1.29, 1.82) is 0 Å². The Labute approximate surface area is 197 Å². The maximum atomic E-state index is 12.4. The van der Waals surface area contributed by atoms with E-state index in [1.54, 1.807) is 0 Å². The average Bonchev–Trinajstić information content (AvgIpc) is 3.16. The van der Waals surface area contributed by atoms with Crippen molar-refractivity contribution in [2.45, 2.75) is 31.2 Å². The molecule has 2 aliphatic rings. The molecule has 2 N–H and O–H groups in total. The van der Waals surface area contributed by atoms with Crippen LogP contribution in [0.5, 0.6) is 0 Å². The van der Waals surface area contributed by atoms with E-state index in [0.717, 1.165) is 24.0 Å². The second kappa shape index (κ2) is 10.7. The van der Waals surface area contributed by atoms with Gasteiger partial charge in [-0.05, 0) is 41.5 Å². The van der Waals surface area contributed by atoms with E-state index in [-0.39, 0.29) is 24.2 Å². The number of carboxylic acids is 1. The minimum atomic E-state index is -0.940. The van der Waals surface area contributed by atoms with Gasteiger partial charge in [0.25, 0.3) is 0 Å². The SMILES string of the molecule is O=C(NCCSCC(=O)N1CCCC[C@H]1C(=O)O)OCC1c2ccccc2-c2ccccc21. The van der Waals surface area contributed by atoms with Gasteiger partial charge < -0.3 is 20.1 Å². The molecule has 2 aromatic rings. The predicted molar refractivity (Wildman–Crippen MR) is 127 cm³/mol. The Bertz CT molecular complexity index is 982. The number of thioether (sulfide) groups is 1. The molecule has 8 heteroatoms. The molecule has 0 bridgehead atoms. The summed E-state index contributed by atoms with van der Waals surface area (Å²) in [6.45, 7) is 1.13. The van der Waals surface area contributed by atoms with Crippen molar-refractivity contribution in [2.24, 2.45) is 0 Å². The van der Waals surface area contributed by atoms with Gasteiger partial charge in [0.2, 0.25) is 5.91 Å². The summed E-state index contributed by atoms with van der Waals surface area (Å²) in [5.74, 6) is -0.336. The lowest BCUT2D eigenvalue weighted by molar-refractivity contribution is -0.150. The molecule has 0 unspecified atom stereocenters. The molecule has 1 aliphatic carbocycles. The van der Waals surface area contributed by atoms with Crippen molar-refractivity contribution in [3.8, 4) is 11.1 Å². The maximum Gasteiger partial charge on any atom is 0.407 e. The Hall–Kier alpha value is -3.00. The fourth-order valence-corrected chi connectivity index (χ4v) is 5.34. The number of hydrogen-bond donors (Lipinski definition) is 2. The van der Waals surface area contributed by atoms with Gasteiger partial charge in [-0.15, -0.1) is 0 Å². The van der Waals surface area contributed by atoms with Gasteiger partial charge in [0.05, 0.1) is 5.75 Å². The highest BCUT2D eigenvalue weighted by molar-refractivity contribution is 7.99. The molecule has 33 heavy (non-hydrogen) atoms. The standard InChI is InChI=1S/C25H28N2O5S/c28-23(27-13-6-5-11-22(27)24(29)30)16-33-14-12-26-25(31)32-15-21-19-9-3-1-7-17(19)18-8-2-4-10-20(18)21/h1-4,7-10,21-22H,5-6,11-16H2,(H,26,31)(H,29,30)/t22-/m0/s1. The number of aliphatic carboxylic acids is 1. The number of likely N-dealkylation sites (tertiary alicyclic amines) is 1. The molecule has 4 rings (SSSR count). The fourth-order valence-electron chi connectivity index (χ4n) is 4.60. The second-order valence-electron chi connectivity index (χ2n) is 8.24. The molecule has 1 aliphatic heterocycles. The van der Waals surface area contributed by atoms with Gasteiger partial charge >= 0.3 is 12.1 Å². The van der Waals surface area contributed by atoms with Crippen LogP contribution in [0.2, 0.25) is 0 Å². The third kappa shape index (κ3) is 5.33. The number of carboxylic acid groups (broad SMARTS) is 1. The molecule has 1 fully saturated rings. The normalized spacial score (nSPS) is 17.2. The van der Waals surface area contributed by atoms with E-state index in [1.807, 2.05) is 24.3 Å². The minimum absolute atomic E-state index is 0.0156. The van der Waals surface area contributed by atoms with Gasteiger partial charge in [-0.2, -0.15) is 11.8 Å². The van der Waals surface area contributed by atoms with E-state index in [4.69, 9.17) is 4.74 Å². The number of ether oxygens (including phenoxy) is 1. The summed E-state index contributed by atoms with van der Waals surface area (Å²) in [4.78, 5) is 37.4. The fraction of sp³-hybridized carbons (Fsp3) is 0.400. The molecule has 2 amide bonds. The first-order chi connectivity index (χ1) is 16.1. The molecular formula is C25H28N2O5S. The molecule has 1 atom stereocenters. The Morgan fingerprint density at radius 2 is 1.70 bits per heavy atom. The summed E-state index contributed by atoms with van der Waals surface area (Å²) in [6, 6.07) is 15.6. The number of hydrogen-bond acceptors (Lipinski definition) is 5. The van der Waals surface area contributed by atoms with Crippen molar-refractivity contribution in [2.75, 3.05) is 31.2 Å². The molecule has 7 nitrogen and oxygen atoms in total. The second-order valence-corrected chi connectivity index (χ2v) is 9.35. The molecule has 0 saturated carbocycles. The maximum absolute atomic E-state index is 12.4. The van der Waals surface area contributed by atoms with Gasteiger partial charge in [0.15, 0.2) is 0 Å².